The highest BCUT2D eigenvalue weighted by Crippen LogP contribution is 2.14. The Morgan fingerprint density at radius 3 is 1.30 bits per heavy atom. The molecule has 0 saturated heterocycles. The molecule has 1 heterocycles. The van der Waals surface area contributed by atoms with E-state index in [1.54, 1.807) is 6.92 Å². The summed E-state index contributed by atoms with van der Waals surface area (Å²) in [6.45, 7) is 11.4. The molecule has 0 atom stereocenters. The van der Waals surface area contributed by atoms with Crippen LogP contribution in [0.5, 0.6) is 0 Å². The number of aromatic nitrogens is 4. The SMILES string of the molecule is Cc1nnc(-c2ccc(CNC(=O)CCOCCOCCOCCOCCOCCOCCOCCOCCOCCN)cc2)nn1. The highest BCUT2D eigenvalue weighted by Gasteiger charge is 2.05. The lowest BCUT2D eigenvalue weighted by atomic mass is 10.1. The summed E-state index contributed by atoms with van der Waals surface area (Å²) in [6, 6.07) is 7.56. The van der Waals surface area contributed by atoms with Crippen molar-refractivity contribution < 1.29 is 47.4 Å². The zero-order valence-corrected chi connectivity index (χ0v) is 27.6. The Labute approximate surface area is 277 Å². The standard InChI is InChI=1S/C31H52N6O10/c1-27-34-36-31(37-35-27)29-4-2-28(3-5-29)26-33-30(38)6-8-39-10-12-41-14-16-43-18-20-45-22-24-47-25-23-46-21-19-44-17-15-42-13-11-40-9-7-32/h2-5H,6-26,32H2,1H3,(H,33,38). The van der Waals surface area contributed by atoms with Crippen LogP contribution in [0.4, 0.5) is 0 Å². The molecule has 0 aliphatic carbocycles. The number of nitrogens with one attached hydrogen (secondary N) is 1. The number of rotatable bonds is 32. The van der Waals surface area contributed by atoms with Crippen molar-refractivity contribution in [2.24, 2.45) is 5.73 Å². The zero-order valence-electron chi connectivity index (χ0n) is 27.6. The van der Waals surface area contributed by atoms with Crippen LogP contribution in [-0.2, 0) is 54.0 Å². The number of nitrogens with zero attached hydrogens (tertiary/aromatic N) is 4. The van der Waals surface area contributed by atoms with E-state index in [-0.39, 0.29) is 12.3 Å². The van der Waals surface area contributed by atoms with Crippen molar-refractivity contribution in [3.63, 3.8) is 0 Å². The quantitative estimate of drug-likeness (QED) is 0.102. The molecule has 0 fully saturated rings. The van der Waals surface area contributed by atoms with Crippen molar-refractivity contribution in [1.82, 2.24) is 25.7 Å². The molecular formula is C31H52N6O10. The number of aryl methyl sites for hydroxylation is 1. The summed E-state index contributed by atoms with van der Waals surface area (Å²) in [4.78, 5) is 12.1. The highest BCUT2D eigenvalue weighted by molar-refractivity contribution is 5.76. The van der Waals surface area contributed by atoms with E-state index >= 15 is 0 Å². The number of hydrogen-bond acceptors (Lipinski definition) is 15. The summed E-state index contributed by atoms with van der Waals surface area (Å²) in [5.41, 5.74) is 7.10. The smallest absolute Gasteiger partial charge is 0.222 e. The summed E-state index contributed by atoms with van der Waals surface area (Å²) >= 11 is 0. The van der Waals surface area contributed by atoms with Crippen LogP contribution in [0, 0.1) is 6.92 Å². The molecule has 16 nitrogen and oxygen atoms in total. The largest absolute Gasteiger partial charge is 0.379 e. The Morgan fingerprint density at radius 2 is 0.915 bits per heavy atom. The first-order chi connectivity index (χ1) is 23.2. The highest BCUT2D eigenvalue weighted by atomic mass is 16.6. The molecule has 0 bridgehead atoms. The minimum atomic E-state index is -0.0849. The minimum Gasteiger partial charge on any atom is -0.379 e. The molecule has 16 heteroatoms. The van der Waals surface area contributed by atoms with E-state index in [0.717, 1.165) is 11.1 Å². The summed E-state index contributed by atoms with van der Waals surface area (Å²) in [5, 5.41) is 18.7. The number of carbonyl (C=O) groups excluding carboxylic acids is 1. The second-order valence-electron chi connectivity index (χ2n) is 9.79. The van der Waals surface area contributed by atoms with Gasteiger partial charge >= 0.3 is 0 Å². The van der Waals surface area contributed by atoms with E-state index in [1.165, 1.54) is 0 Å². The van der Waals surface area contributed by atoms with Crippen LogP contribution in [0.25, 0.3) is 11.4 Å². The van der Waals surface area contributed by atoms with E-state index in [2.05, 4.69) is 25.7 Å². The fraction of sp³-hybridized carbons (Fsp3) is 0.710. The molecule has 1 aromatic heterocycles. The minimum absolute atomic E-state index is 0.0849. The third kappa shape index (κ3) is 23.2. The third-order valence-electron chi connectivity index (χ3n) is 5.99. The van der Waals surface area contributed by atoms with E-state index in [9.17, 15) is 4.79 Å². The molecule has 0 spiro atoms. The molecule has 0 saturated carbocycles. The molecule has 47 heavy (non-hydrogen) atoms. The number of amides is 1. The van der Waals surface area contributed by atoms with Gasteiger partial charge in [0.25, 0.3) is 0 Å². The van der Waals surface area contributed by atoms with Gasteiger partial charge in [-0.15, -0.1) is 20.4 Å². The van der Waals surface area contributed by atoms with Crippen LogP contribution >= 0.6 is 0 Å². The van der Waals surface area contributed by atoms with Crippen LogP contribution < -0.4 is 11.1 Å². The topological polar surface area (TPSA) is 190 Å². The van der Waals surface area contributed by atoms with Crippen molar-refractivity contribution >= 4 is 5.91 Å². The van der Waals surface area contributed by atoms with Gasteiger partial charge in [-0.25, -0.2) is 0 Å². The molecule has 1 amide bonds. The van der Waals surface area contributed by atoms with Gasteiger partial charge in [0, 0.05) is 25.1 Å². The number of carbonyl (C=O) groups is 1. The van der Waals surface area contributed by atoms with Gasteiger partial charge in [-0.05, 0) is 12.5 Å². The van der Waals surface area contributed by atoms with E-state index in [4.69, 9.17) is 48.4 Å². The van der Waals surface area contributed by atoms with Gasteiger partial charge in [0.2, 0.25) is 11.7 Å². The number of ether oxygens (including phenoxy) is 9. The Kier molecular flexibility index (Phi) is 25.3. The Hall–Kier alpha value is -2.77. The number of nitrogens with two attached hydrogens (primary N) is 1. The van der Waals surface area contributed by atoms with Gasteiger partial charge in [-0.1, -0.05) is 24.3 Å². The van der Waals surface area contributed by atoms with E-state index < -0.39 is 0 Å². The van der Waals surface area contributed by atoms with E-state index in [0.29, 0.717) is 144 Å². The maximum atomic E-state index is 12.1. The Morgan fingerprint density at radius 1 is 0.553 bits per heavy atom. The van der Waals surface area contributed by atoms with Crippen molar-refractivity contribution in [3.8, 4) is 11.4 Å². The number of hydrogen-bond donors (Lipinski definition) is 2. The monoisotopic (exact) mass is 668 g/mol. The molecule has 2 rings (SSSR count). The molecule has 266 valence electrons. The maximum absolute atomic E-state index is 12.1. The Balaban J connectivity index is 1.24. The molecule has 2 aromatic rings. The van der Waals surface area contributed by atoms with Gasteiger partial charge in [-0.2, -0.15) is 0 Å². The normalized spacial score (nSPS) is 11.3. The number of benzene rings is 1. The molecule has 3 N–H and O–H groups in total. The summed E-state index contributed by atoms with van der Waals surface area (Å²) in [7, 11) is 0. The van der Waals surface area contributed by atoms with Crippen LogP contribution in [-0.4, -0.2) is 152 Å². The second kappa shape index (κ2) is 29.4. The first kappa shape index (κ1) is 40.4. The first-order valence-electron chi connectivity index (χ1n) is 16.0. The summed E-state index contributed by atoms with van der Waals surface area (Å²) in [5.74, 6) is 0.891. The second-order valence-corrected chi connectivity index (χ2v) is 9.79. The zero-order chi connectivity index (χ0) is 33.5. The van der Waals surface area contributed by atoms with Crippen molar-refractivity contribution in [1.29, 1.82) is 0 Å². The first-order valence-corrected chi connectivity index (χ1v) is 16.0. The lowest BCUT2D eigenvalue weighted by Gasteiger charge is -2.09. The van der Waals surface area contributed by atoms with Crippen LogP contribution in [0.15, 0.2) is 24.3 Å². The summed E-state index contributed by atoms with van der Waals surface area (Å²) < 4.78 is 48.8. The van der Waals surface area contributed by atoms with Crippen LogP contribution in [0.2, 0.25) is 0 Å². The van der Waals surface area contributed by atoms with Crippen LogP contribution in [0.1, 0.15) is 17.8 Å². The average molecular weight is 669 g/mol. The van der Waals surface area contributed by atoms with Gasteiger partial charge in [0.15, 0.2) is 5.82 Å². The molecule has 0 aliphatic heterocycles. The molecule has 1 aromatic carbocycles. The van der Waals surface area contributed by atoms with E-state index in [1.807, 2.05) is 24.3 Å². The maximum Gasteiger partial charge on any atom is 0.222 e. The average Bonchev–Trinajstić information content (AvgIpc) is 3.09. The lowest BCUT2D eigenvalue weighted by molar-refractivity contribution is -0.122. The third-order valence-corrected chi connectivity index (χ3v) is 5.99. The predicted octanol–water partition coefficient (Wildman–Crippen LogP) is 0.356. The van der Waals surface area contributed by atoms with Gasteiger partial charge < -0.3 is 53.7 Å². The molecule has 0 unspecified atom stereocenters. The fourth-order valence-electron chi connectivity index (χ4n) is 3.57. The van der Waals surface area contributed by atoms with Crippen molar-refractivity contribution in [2.75, 3.05) is 125 Å². The predicted molar refractivity (Wildman–Crippen MR) is 171 cm³/mol. The van der Waals surface area contributed by atoms with Crippen LogP contribution in [0.3, 0.4) is 0 Å². The van der Waals surface area contributed by atoms with Gasteiger partial charge in [-0.3, -0.25) is 4.79 Å². The van der Waals surface area contributed by atoms with Gasteiger partial charge in [0.1, 0.15) is 0 Å². The van der Waals surface area contributed by atoms with Crippen molar-refractivity contribution in [3.05, 3.63) is 35.7 Å². The molecule has 0 aliphatic rings. The Bertz CT molecular complexity index is 1010. The molecular weight excluding hydrogens is 616 g/mol. The lowest BCUT2D eigenvalue weighted by Crippen LogP contribution is -2.24. The fourth-order valence-corrected chi connectivity index (χ4v) is 3.57. The van der Waals surface area contributed by atoms with Gasteiger partial charge in [0.05, 0.1) is 119 Å². The van der Waals surface area contributed by atoms with Crippen molar-refractivity contribution in [2.45, 2.75) is 19.9 Å². The molecule has 0 radical (unpaired) electrons. The summed E-state index contributed by atoms with van der Waals surface area (Å²) in [6.07, 6.45) is 0.273.